The molecule has 0 radical (unpaired) electrons. The Balaban J connectivity index is 2.80. The summed E-state index contributed by atoms with van der Waals surface area (Å²) in [4.78, 5) is 23.1. The van der Waals surface area contributed by atoms with Crippen molar-refractivity contribution in [2.45, 2.75) is 39.2 Å². The number of unbranched alkanes of at least 4 members (excludes halogenated alkanes) is 1. The quantitative estimate of drug-likeness (QED) is 0.726. The summed E-state index contributed by atoms with van der Waals surface area (Å²) in [6.45, 7) is 3.79. The summed E-state index contributed by atoms with van der Waals surface area (Å²) in [6, 6.07) is 4.51. The summed E-state index contributed by atoms with van der Waals surface area (Å²) in [5.74, 6) is -0.748. The van der Waals surface area contributed by atoms with Gasteiger partial charge in [0.25, 0.3) is 0 Å². The van der Waals surface area contributed by atoms with Crippen LogP contribution in [0.2, 0.25) is 0 Å². The fourth-order valence-electron chi connectivity index (χ4n) is 1.82. The Hall–Kier alpha value is -1.88. The molecule has 2 amide bonds. The van der Waals surface area contributed by atoms with Gasteiger partial charge in [0, 0.05) is 11.3 Å². The van der Waals surface area contributed by atoms with Gasteiger partial charge in [0.05, 0.1) is 6.04 Å². The topological polar surface area (TPSA) is 98.2 Å². The van der Waals surface area contributed by atoms with Gasteiger partial charge >= 0.3 is 0 Å². The summed E-state index contributed by atoms with van der Waals surface area (Å²) in [7, 11) is 0. The van der Waals surface area contributed by atoms with Crippen LogP contribution in [0.1, 0.15) is 42.1 Å². The second kappa shape index (κ2) is 6.89. The third kappa shape index (κ3) is 4.06. The molecule has 19 heavy (non-hydrogen) atoms. The first-order chi connectivity index (χ1) is 8.97. The highest BCUT2D eigenvalue weighted by Gasteiger charge is 2.15. The van der Waals surface area contributed by atoms with E-state index in [4.69, 9.17) is 11.5 Å². The van der Waals surface area contributed by atoms with Gasteiger partial charge < -0.3 is 16.8 Å². The van der Waals surface area contributed by atoms with Gasteiger partial charge in [0.1, 0.15) is 0 Å². The molecule has 1 aromatic carbocycles. The molecule has 1 atom stereocenters. The molecular weight excluding hydrogens is 242 g/mol. The SMILES string of the molecule is CCCC[C@H](N)C(=O)Nc1cccc(C(N)=O)c1C. The standard InChI is InChI=1S/C14H21N3O2/c1-3-4-7-11(15)14(19)17-12-8-5-6-10(9(12)2)13(16)18/h5-6,8,11H,3-4,7,15H2,1-2H3,(H2,16,18)(H,17,19)/t11-/m0/s1. The van der Waals surface area contributed by atoms with Crippen molar-refractivity contribution in [2.24, 2.45) is 11.5 Å². The van der Waals surface area contributed by atoms with Crippen LogP contribution >= 0.6 is 0 Å². The maximum Gasteiger partial charge on any atom is 0.249 e. The first-order valence-corrected chi connectivity index (χ1v) is 6.43. The smallest absolute Gasteiger partial charge is 0.249 e. The average Bonchev–Trinajstić information content (AvgIpc) is 2.37. The van der Waals surface area contributed by atoms with Crippen LogP contribution in [0.15, 0.2) is 18.2 Å². The molecule has 0 aliphatic heterocycles. The van der Waals surface area contributed by atoms with Gasteiger partial charge in [0.15, 0.2) is 0 Å². The molecule has 0 saturated heterocycles. The van der Waals surface area contributed by atoms with Crippen LogP contribution in [0.5, 0.6) is 0 Å². The number of anilines is 1. The lowest BCUT2D eigenvalue weighted by atomic mass is 10.1. The van der Waals surface area contributed by atoms with Crippen LogP contribution in [-0.2, 0) is 4.79 Å². The first-order valence-electron chi connectivity index (χ1n) is 6.43. The highest BCUT2D eigenvalue weighted by atomic mass is 16.2. The van der Waals surface area contributed by atoms with E-state index in [0.29, 0.717) is 23.2 Å². The fourth-order valence-corrected chi connectivity index (χ4v) is 1.82. The van der Waals surface area contributed by atoms with Crippen LogP contribution in [-0.4, -0.2) is 17.9 Å². The third-order valence-electron chi connectivity index (χ3n) is 3.06. The zero-order valence-corrected chi connectivity index (χ0v) is 11.4. The van der Waals surface area contributed by atoms with Crippen molar-refractivity contribution in [2.75, 3.05) is 5.32 Å². The molecule has 104 valence electrons. The molecule has 0 unspecified atom stereocenters. The second-order valence-corrected chi connectivity index (χ2v) is 4.58. The van der Waals surface area contributed by atoms with Gasteiger partial charge in [-0.3, -0.25) is 9.59 Å². The lowest BCUT2D eigenvalue weighted by Crippen LogP contribution is -2.35. The number of primary amides is 1. The van der Waals surface area contributed by atoms with Gasteiger partial charge in [0.2, 0.25) is 11.8 Å². The maximum atomic E-state index is 11.9. The molecule has 0 heterocycles. The van der Waals surface area contributed by atoms with Gasteiger partial charge in [-0.1, -0.05) is 25.8 Å². The molecule has 1 aromatic rings. The third-order valence-corrected chi connectivity index (χ3v) is 3.06. The lowest BCUT2D eigenvalue weighted by molar-refractivity contribution is -0.117. The number of nitrogens with one attached hydrogen (secondary N) is 1. The normalized spacial score (nSPS) is 11.9. The number of carbonyl (C=O) groups excluding carboxylic acids is 2. The molecular formula is C14H21N3O2. The predicted molar refractivity (Wildman–Crippen MR) is 75.8 cm³/mol. The summed E-state index contributed by atoms with van der Waals surface area (Å²) < 4.78 is 0. The van der Waals surface area contributed by atoms with E-state index in [0.717, 1.165) is 12.8 Å². The van der Waals surface area contributed by atoms with E-state index in [-0.39, 0.29) is 5.91 Å². The largest absolute Gasteiger partial charge is 0.366 e. The van der Waals surface area contributed by atoms with Gasteiger partial charge in [-0.2, -0.15) is 0 Å². The Kier molecular flexibility index (Phi) is 5.51. The lowest BCUT2D eigenvalue weighted by Gasteiger charge is -2.14. The molecule has 5 nitrogen and oxygen atoms in total. The predicted octanol–water partition coefficient (Wildman–Crippen LogP) is 1.55. The number of amides is 2. The molecule has 0 aromatic heterocycles. The minimum absolute atomic E-state index is 0.238. The number of hydrogen-bond donors (Lipinski definition) is 3. The van der Waals surface area contributed by atoms with Crippen LogP contribution in [0.4, 0.5) is 5.69 Å². The van der Waals surface area contributed by atoms with Crippen molar-refractivity contribution in [3.05, 3.63) is 29.3 Å². The zero-order chi connectivity index (χ0) is 14.4. The molecule has 0 bridgehead atoms. The summed E-state index contributed by atoms with van der Waals surface area (Å²) >= 11 is 0. The van der Waals surface area contributed by atoms with Gasteiger partial charge in [-0.05, 0) is 31.0 Å². The molecule has 1 rings (SSSR count). The monoisotopic (exact) mass is 263 g/mol. The average molecular weight is 263 g/mol. The minimum atomic E-state index is -0.531. The number of nitrogens with two attached hydrogens (primary N) is 2. The Morgan fingerprint density at radius 2 is 2.05 bits per heavy atom. The van der Waals surface area contributed by atoms with E-state index in [1.54, 1.807) is 25.1 Å². The van der Waals surface area contributed by atoms with E-state index in [9.17, 15) is 9.59 Å². The summed E-state index contributed by atoms with van der Waals surface area (Å²) in [5, 5.41) is 2.74. The molecule has 0 aliphatic carbocycles. The molecule has 0 spiro atoms. The molecule has 5 N–H and O–H groups in total. The molecule has 0 fully saturated rings. The Morgan fingerprint density at radius 1 is 1.37 bits per heavy atom. The van der Waals surface area contributed by atoms with E-state index < -0.39 is 11.9 Å². The van der Waals surface area contributed by atoms with Crippen molar-refractivity contribution < 1.29 is 9.59 Å². The number of benzene rings is 1. The van der Waals surface area contributed by atoms with E-state index in [1.807, 2.05) is 6.92 Å². The highest BCUT2D eigenvalue weighted by molar-refractivity contribution is 5.99. The highest BCUT2D eigenvalue weighted by Crippen LogP contribution is 2.19. The van der Waals surface area contributed by atoms with Crippen molar-refractivity contribution in [3.8, 4) is 0 Å². The van der Waals surface area contributed by atoms with Crippen LogP contribution < -0.4 is 16.8 Å². The summed E-state index contributed by atoms with van der Waals surface area (Å²) in [5.41, 5.74) is 12.7. The molecule has 0 saturated carbocycles. The van der Waals surface area contributed by atoms with Crippen LogP contribution in [0.25, 0.3) is 0 Å². The zero-order valence-electron chi connectivity index (χ0n) is 11.4. The van der Waals surface area contributed by atoms with Crippen LogP contribution in [0.3, 0.4) is 0 Å². The summed E-state index contributed by atoms with van der Waals surface area (Å²) in [6.07, 6.45) is 2.56. The second-order valence-electron chi connectivity index (χ2n) is 4.58. The van der Waals surface area contributed by atoms with Crippen molar-refractivity contribution in [1.29, 1.82) is 0 Å². The maximum absolute atomic E-state index is 11.9. The fraction of sp³-hybridized carbons (Fsp3) is 0.429. The van der Waals surface area contributed by atoms with E-state index in [2.05, 4.69) is 5.32 Å². The number of hydrogen-bond acceptors (Lipinski definition) is 3. The van der Waals surface area contributed by atoms with Gasteiger partial charge in [-0.15, -0.1) is 0 Å². The van der Waals surface area contributed by atoms with Crippen molar-refractivity contribution >= 4 is 17.5 Å². The first kappa shape index (κ1) is 15.2. The Bertz CT molecular complexity index is 472. The number of carbonyl (C=O) groups is 2. The van der Waals surface area contributed by atoms with Crippen molar-refractivity contribution in [1.82, 2.24) is 0 Å². The van der Waals surface area contributed by atoms with Gasteiger partial charge in [-0.25, -0.2) is 0 Å². The molecule has 5 heteroatoms. The van der Waals surface area contributed by atoms with E-state index >= 15 is 0 Å². The van der Waals surface area contributed by atoms with E-state index in [1.165, 1.54) is 0 Å². The number of rotatable bonds is 6. The van der Waals surface area contributed by atoms with Crippen LogP contribution in [0, 0.1) is 6.92 Å². The van der Waals surface area contributed by atoms with Crippen molar-refractivity contribution in [3.63, 3.8) is 0 Å². The minimum Gasteiger partial charge on any atom is -0.366 e. The molecule has 0 aliphatic rings. The Labute approximate surface area is 113 Å². The Morgan fingerprint density at radius 3 is 2.63 bits per heavy atom.